The van der Waals surface area contributed by atoms with E-state index in [0.29, 0.717) is 11.4 Å². The highest BCUT2D eigenvalue weighted by Crippen LogP contribution is 2.23. The lowest BCUT2D eigenvalue weighted by molar-refractivity contribution is -0.126. The van der Waals surface area contributed by atoms with Gasteiger partial charge in [-0.15, -0.1) is 11.3 Å². The molecule has 3 heterocycles. The van der Waals surface area contributed by atoms with Crippen molar-refractivity contribution in [1.29, 1.82) is 0 Å². The van der Waals surface area contributed by atoms with E-state index in [2.05, 4.69) is 32.6 Å². The Morgan fingerprint density at radius 3 is 2.88 bits per heavy atom. The van der Waals surface area contributed by atoms with Crippen molar-refractivity contribution in [3.8, 4) is 0 Å². The van der Waals surface area contributed by atoms with Crippen LogP contribution in [-0.4, -0.2) is 34.9 Å². The Morgan fingerprint density at radius 2 is 2.19 bits per heavy atom. The van der Waals surface area contributed by atoms with Crippen LogP contribution in [0.4, 0.5) is 5.82 Å². The van der Waals surface area contributed by atoms with E-state index in [9.17, 15) is 9.59 Å². The summed E-state index contributed by atoms with van der Waals surface area (Å²) in [4.78, 5) is 36.9. The minimum atomic E-state index is -0.271. The first-order valence-electron chi connectivity index (χ1n) is 8.79. The molecular formula is C18H23N5O2S. The Kier molecular flexibility index (Phi) is 5.82. The zero-order valence-electron chi connectivity index (χ0n) is 15.0. The molecule has 0 aliphatic carbocycles. The van der Waals surface area contributed by atoms with E-state index in [4.69, 9.17) is 0 Å². The number of carbonyl (C=O) groups excluding carboxylic acids is 2. The fraction of sp³-hybridized carbons (Fsp3) is 0.444. The molecule has 1 saturated heterocycles. The number of hydrazine groups is 1. The number of nitrogens with one attached hydrogen (secondary N) is 2. The summed E-state index contributed by atoms with van der Waals surface area (Å²) in [6.45, 7) is 5.48. The predicted molar refractivity (Wildman–Crippen MR) is 101 cm³/mol. The maximum atomic E-state index is 12.5. The molecule has 138 valence electrons. The fourth-order valence-electron chi connectivity index (χ4n) is 3.12. The van der Waals surface area contributed by atoms with Crippen LogP contribution in [0.15, 0.2) is 24.7 Å². The molecule has 1 fully saturated rings. The van der Waals surface area contributed by atoms with E-state index in [1.54, 1.807) is 18.6 Å². The van der Waals surface area contributed by atoms with Gasteiger partial charge >= 0.3 is 0 Å². The summed E-state index contributed by atoms with van der Waals surface area (Å²) in [5.41, 5.74) is 6.23. The van der Waals surface area contributed by atoms with Crippen molar-refractivity contribution in [3.63, 3.8) is 0 Å². The van der Waals surface area contributed by atoms with Crippen LogP contribution in [0, 0.1) is 12.8 Å². The Bertz CT molecular complexity index is 777. The Balaban J connectivity index is 1.55. The van der Waals surface area contributed by atoms with Gasteiger partial charge in [-0.2, -0.15) is 0 Å². The zero-order chi connectivity index (χ0) is 18.5. The molecule has 2 aromatic rings. The molecule has 7 nitrogen and oxygen atoms in total. The molecule has 0 spiro atoms. The molecule has 26 heavy (non-hydrogen) atoms. The van der Waals surface area contributed by atoms with Crippen molar-refractivity contribution in [3.05, 3.63) is 40.0 Å². The number of hydrogen-bond acceptors (Lipinski definition) is 6. The fourth-order valence-corrected chi connectivity index (χ4v) is 4.13. The van der Waals surface area contributed by atoms with Gasteiger partial charge in [-0.1, -0.05) is 6.92 Å². The number of rotatable bonds is 4. The molecule has 3 rings (SSSR count). The lowest BCUT2D eigenvalue weighted by atomic mass is 9.97. The summed E-state index contributed by atoms with van der Waals surface area (Å²) < 4.78 is 0. The van der Waals surface area contributed by atoms with Crippen LogP contribution in [0.25, 0.3) is 0 Å². The van der Waals surface area contributed by atoms with Gasteiger partial charge in [0, 0.05) is 30.4 Å². The number of aryl methyl sites for hydroxylation is 2. The predicted octanol–water partition coefficient (Wildman–Crippen LogP) is 2.09. The van der Waals surface area contributed by atoms with Gasteiger partial charge in [0.1, 0.15) is 5.82 Å². The molecule has 0 bridgehead atoms. The second-order valence-corrected chi connectivity index (χ2v) is 7.50. The molecule has 2 aromatic heterocycles. The van der Waals surface area contributed by atoms with Gasteiger partial charge in [-0.3, -0.25) is 25.4 Å². The molecule has 0 radical (unpaired) electrons. The number of carbonyl (C=O) groups is 2. The van der Waals surface area contributed by atoms with Crippen molar-refractivity contribution in [2.24, 2.45) is 5.92 Å². The van der Waals surface area contributed by atoms with Crippen LogP contribution < -0.4 is 15.8 Å². The highest BCUT2D eigenvalue weighted by molar-refractivity contribution is 7.14. The Morgan fingerprint density at radius 1 is 1.35 bits per heavy atom. The second kappa shape index (κ2) is 8.27. The Hall–Kier alpha value is -2.48. The lowest BCUT2D eigenvalue weighted by Crippen LogP contribution is -2.49. The molecule has 1 atom stereocenters. The van der Waals surface area contributed by atoms with E-state index >= 15 is 0 Å². The highest BCUT2D eigenvalue weighted by atomic mass is 32.1. The van der Waals surface area contributed by atoms with E-state index < -0.39 is 0 Å². The summed E-state index contributed by atoms with van der Waals surface area (Å²) in [6.07, 6.45) is 7.56. The lowest BCUT2D eigenvalue weighted by Gasteiger charge is -2.32. The molecule has 0 unspecified atom stereocenters. The molecule has 1 aliphatic heterocycles. The van der Waals surface area contributed by atoms with Crippen LogP contribution in [-0.2, 0) is 11.2 Å². The third-order valence-electron chi connectivity index (χ3n) is 4.53. The third-order valence-corrected chi connectivity index (χ3v) is 5.91. The van der Waals surface area contributed by atoms with Crippen molar-refractivity contribution in [2.75, 3.05) is 18.0 Å². The molecular weight excluding hydrogens is 350 g/mol. The maximum absolute atomic E-state index is 12.5. The summed E-state index contributed by atoms with van der Waals surface area (Å²) in [5, 5.41) is 0. The number of piperidine rings is 1. The second-order valence-electron chi connectivity index (χ2n) is 6.36. The molecule has 1 aliphatic rings. The molecule has 8 heteroatoms. The summed E-state index contributed by atoms with van der Waals surface area (Å²) in [7, 11) is 0. The Labute approximate surface area is 156 Å². The molecule has 2 N–H and O–H groups in total. The van der Waals surface area contributed by atoms with Gasteiger partial charge < -0.3 is 4.90 Å². The van der Waals surface area contributed by atoms with Gasteiger partial charge in [0.15, 0.2) is 0 Å². The van der Waals surface area contributed by atoms with E-state index in [0.717, 1.165) is 37.2 Å². The normalized spacial score (nSPS) is 17.0. The first-order chi connectivity index (χ1) is 12.6. The zero-order valence-corrected chi connectivity index (χ0v) is 15.8. The molecule has 0 aromatic carbocycles. The van der Waals surface area contributed by atoms with Gasteiger partial charge in [-0.25, -0.2) is 4.98 Å². The summed E-state index contributed by atoms with van der Waals surface area (Å²) >= 11 is 1.47. The van der Waals surface area contributed by atoms with Crippen molar-refractivity contribution < 1.29 is 9.59 Å². The number of aromatic nitrogens is 2. The summed E-state index contributed by atoms with van der Waals surface area (Å²) in [6, 6.07) is 1.86. The van der Waals surface area contributed by atoms with Crippen LogP contribution in [0.2, 0.25) is 0 Å². The number of amides is 2. The highest BCUT2D eigenvalue weighted by Gasteiger charge is 2.27. The van der Waals surface area contributed by atoms with E-state index in [1.165, 1.54) is 16.2 Å². The number of thiophene rings is 1. The van der Waals surface area contributed by atoms with Crippen LogP contribution in [0.3, 0.4) is 0 Å². The summed E-state index contributed by atoms with van der Waals surface area (Å²) in [5.74, 6) is 0.140. The first-order valence-corrected chi connectivity index (χ1v) is 9.60. The molecule has 0 saturated carbocycles. The van der Waals surface area contributed by atoms with Crippen molar-refractivity contribution in [1.82, 2.24) is 20.8 Å². The van der Waals surface area contributed by atoms with Crippen LogP contribution >= 0.6 is 11.3 Å². The van der Waals surface area contributed by atoms with Gasteiger partial charge in [-0.05, 0) is 37.8 Å². The van der Waals surface area contributed by atoms with E-state index in [1.807, 2.05) is 13.0 Å². The van der Waals surface area contributed by atoms with Crippen LogP contribution in [0.5, 0.6) is 0 Å². The van der Waals surface area contributed by atoms with Gasteiger partial charge in [0.05, 0.1) is 17.0 Å². The number of anilines is 1. The standard InChI is InChI=1S/C18H23N5O2S/c1-3-14-12(2)9-15(26-14)18(25)22-21-17(24)13-5-4-8-23(11-13)16-10-19-6-7-20-16/h6-7,9-10,13H,3-5,8,11H2,1-2H3,(H,21,24)(H,22,25)/t13-/m0/s1. The van der Waals surface area contributed by atoms with Gasteiger partial charge in [0.2, 0.25) is 5.91 Å². The minimum absolute atomic E-state index is 0.170. The molecule has 2 amide bonds. The van der Waals surface area contributed by atoms with Crippen molar-refractivity contribution >= 4 is 29.0 Å². The quantitative estimate of drug-likeness (QED) is 0.802. The average molecular weight is 373 g/mol. The third kappa shape index (κ3) is 4.19. The SMILES string of the molecule is CCc1sc(C(=O)NNC(=O)[C@H]2CCCN(c3cnccn3)C2)cc1C. The monoisotopic (exact) mass is 373 g/mol. The maximum Gasteiger partial charge on any atom is 0.279 e. The van der Waals surface area contributed by atoms with Crippen LogP contribution in [0.1, 0.15) is 39.9 Å². The minimum Gasteiger partial charge on any atom is -0.355 e. The topological polar surface area (TPSA) is 87.2 Å². The van der Waals surface area contributed by atoms with E-state index in [-0.39, 0.29) is 17.7 Å². The smallest absolute Gasteiger partial charge is 0.279 e. The average Bonchev–Trinajstić information content (AvgIpc) is 3.07. The van der Waals surface area contributed by atoms with Crippen molar-refractivity contribution in [2.45, 2.75) is 33.1 Å². The number of hydrogen-bond donors (Lipinski definition) is 2. The number of nitrogens with zero attached hydrogens (tertiary/aromatic N) is 3. The van der Waals surface area contributed by atoms with Gasteiger partial charge in [0.25, 0.3) is 5.91 Å². The largest absolute Gasteiger partial charge is 0.355 e. The first kappa shape index (κ1) is 18.3.